The third-order valence-corrected chi connectivity index (χ3v) is 5.20. The molecule has 8 heteroatoms. The second-order valence-corrected chi connectivity index (χ2v) is 8.41. The van der Waals surface area contributed by atoms with Gasteiger partial charge in [0, 0.05) is 70.7 Å². The molecule has 0 aromatic carbocycles. The molecule has 27 heavy (non-hydrogen) atoms. The number of hydrogen-bond donors (Lipinski definition) is 1. The van der Waals surface area contributed by atoms with E-state index in [0.29, 0.717) is 6.54 Å². The van der Waals surface area contributed by atoms with Crippen molar-refractivity contribution in [3.8, 4) is 0 Å². The number of morpholine rings is 1. The third-order valence-electron chi connectivity index (χ3n) is 5.20. The Hall–Kier alpha value is -1.64. The summed E-state index contributed by atoms with van der Waals surface area (Å²) in [6, 6.07) is 0.0588. The zero-order valence-electron chi connectivity index (χ0n) is 17.0. The molecule has 0 saturated carbocycles. The Morgan fingerprint density at radius 2 is 1.81 bits per heavy atom. The van der Waals surface area contributed by atoms with Crippen molar-refractivity contribution in [3.63, 3.8) is 0 Å². The summed E-state index contributed by atoms with van der Waals surface area (Å²) in [6.45, 7) is 15.8. The number of aromatic nitrogens is 2. The van der Waals surface area contributed by atoms with Crippen LogP contribution in [0.5, 0.6) is 0 Å². The molecule has 0 radical (unpaired) electrons. The summed E-state index contributed by atoms with van der Waals surface area (Å²) in [6.07, 6.45) is 4.08. The van der Waals surface area contributed by atoms with Crippen LogP contribution in [-0.4, -0.2) is 96.1 Å². The number of hydrogen-bond acceptors (Lipinski definition) is 5. The normalized spacial score (nSPS) is 20.0. The van der Waals surface area contributed by atoms with Gasteiger partial charge in [-0.3, -0.25) is 14.5 Å². The Morgan fingerprint density at radius 3 is 2.44 bits per heavy atom. The molecular weight excluding hydrogens is 344 g/mol. The zero-order chi connectivity index (χ0) is 19.3. The summed E-state index contributed by atoms with van der Waals surface area (Å²) >= 11 is 0. The highest BCUT2D eigenvalue weighted by Crippen LogP contribution is 2.15. The highest BCUT2D eigenvalue weighted by molar-refractivity contribution is 5.74. The van der Waals surface area contributed by atoms with Crippen molar-refractivity contribution >= 4 is 6.03 Å². The van der Waals surface area contributed by atoms with Crippen molar-refractivity contribution in [2.24, 2.45) is 0 Å². The fourth-order valence-corrected chi connectivity index (χ4v) is 3.43. The van der Waals surface area contributed by atoms with Gasteiger partial charge in [-0.25, -0.2) is 4.79 Å². The number of piperazine rings is 1. The first-order chi connectivity index (χ1) is 12.9. The molecule has 0 spiro atoms. The standard InChI is InChI=1S/C19H34N6O2/c1-19(2,3)25-16-17(14-21-25)15-23-6-8-24(9-7-23)18(26)20-4-5-22-10-12-27-13-11-22/h14,16H,4-13,15H2,1-3H3,(H,20,26). The Morgan fingerprint density at radius 1 is 1.11 bits per heavy atom. The molecule has 2 aliphatic heterocycles. The van der Waals surface area contributed by atoms with Crippen LogP contribution >= 0.6 is 0 Å². The number of ether oxygens (including phenoxy) is 1. The Bertz CT molecular complexity index is 598. The summed E-state index contributed by atoms with van der Waals surface area (Å²) in [5, 5.41) is 7.53. The molecule has 2 aliphatic rings. The maximum atomic E-state index is 12.4. The largest absolute Gasteiger partial charge is 0.379 e. The molecule has 1 N–H and O–H groups in total. The summed E-state index contributed by atoms with van der Waals surface area (Å²) in [5.74, 6) is 0. The molecule has 2 amide bonds. The zero-order valence-corrected chi connectivity index (χ0v) is 17.0. The van der Waals surface area contributed by atoms with E-state index in [1.165, 1.54) is 5.56 Å². The Labute approximate surface area is 162 Å². The first-order valence-corrected chi connectivity index (χ1v) is 10.0. The second-order valence-electron chi connectivity index (χ2n) is 8.41. The molecule has 0 unspecified atom stereocenters. The lowest BCUT2D eigenvalue weighted by molar-refractivity contribution is 0.0385. The van der Waals surface area contributed by atoms with Gasteiger partial charge in [0.1, 0.15) is 0 Å². The first kappa shape index (κ1) is 20.1. The van der Waals surface area contributed by atoms with Gasteiger partial charge in [-0.15, -0.1) is 0 Å². The molecule has 2 fully saturated rings. The van der Waals surface area contributed by atoms with Crippen LogP contribution in [0.2, 0.25) is 0 Å². The van der Waals surface area contributed by atoms with Crippen LogP contribution in [0.25, 0.3) is 0 Å². The fraction of sp³-hybridized carbons (Fsp3) is 0.789. The predicted octanol–water partition coefficient (Wildman–Crippen LogP) is 0.798. The molecule has 3 rings (SSSR count). The minimum absolute atomic E-state index is 0.0102. The lowest BCUT2D eigenvalue weighted by Gasteiger charge is -2.34. The minimum atomic E-state index is 0.0102. The molecule has 152 valence electrons. The molecular formula is C19H34N6O2. The van der Waals surface area contributed by atoms with Crippen LogP contribution in [-0.2, 0) is 16.8 Å². The number of nitrogens with zero attached hydrogens (tertiary/aromatic N) is 5. The molecule has 0 bridgehead atoms. The number of rotatable bonds is 5. The maximum Gasteiger partial charge on any atom is 0.317 e. The molecule has 2 saturated heterocycles. The van der Waals surface area contributed by atoms with Crippen molar-refractivity contribution in [1.82, 2.24) is 29.8 Å². The average Bonchev–Trinajstić information content (AvgIpc) is 3.12. The van der Waals surface area contributed by atoms with E-state index in [2.05, 4.69) is 47.2 Å². The van der Waals surface area contributed by atoms with Crippen LogP contribution in [0.4, 0.5) is 4.79 Å². The van der Waals surface area contributed by atoms with E-state index >= 15 is 0 Å². The molecule has 8 nitrogen and oxygen atoms in total. The van der Waals surface area contributed by atoms with Crippen molar-refractivity contribution in [3.05, 3.63) is 18.0 Å². The van der Waals surface area contributed by atoms with Gasteiger partial charge in [-0.1, -0.05) is 0 Å². The van der Waals surface area contributed by atoms with Crippen molar-refractivity contribution in [1.29, 1.82) is 0 Å². The van der Waals surface area contributed by atoms with Crippen LogP contribution in [0.3, 0.4) is 0 Å². The van der Waals surface area contributed by atoms with Crippen LogP contribution in [0, 0.1) is 0 Å². The van der Waals surface area contributed by atoms with E-state index in [9.17, 15) is 4.79 Å². The van der Waals surface area contributed by atoms with Crippen LogP contribution in [0.15, 0.2) is 12.4 Å². The molecule has 3 heterocycles. The number of carbonyl (C=O) groups is 1. The van der Waals surface area contributed by atoms with Gasteiger partial charge in [0.25, 0.3) is 0 Å². The van der Waals surface area contributed by atoms with Crippen molar-refractivity contribution in [2.75, 3.05) is 65.6 Å². The van der Waals surface area contributed by atoms with E-state index < -0.39 is 0 Å². The number of nitrogens with one attached hydrogen (secondary N) is 1. The fourth-order valence-electron chi connectivity index (χ4n) is 3.43. The molecule has 0 atom stereocenters. The Balaban J connectivity index is 1.35. The number of amides is 2. The summed E-state index contributed by atoms with van der Waals surface area (Å²) in [5.41, 5.74) is 1.24. The SMILES string of the molecule is CC(C)(C)n1cc(CN2CCN(C(=O)NCCN3CCOCC3)CC2)cn1. The summed E-state index contributed by atoms with van der Waals surface area (Å²) in [7, 11) is 0. The second kappa shape index (κ2) is 9.03. The van der Waals surface area contributed by atoms with Gasteiger partial charge in [0.05, 0.1) is 24.9 Å². The van der Waals surface area contributed by atoms with Gasteiger partial charge in [0.15, 0.2) is 0 Å². The molecule has 0 aliphatic carbocycles. The van der Waals surface area contributed by atoms with Crippen molar-refractivity contribution in [2.45, 2.75) is 32.9 Å². The topological polar surface area (TPSA) is 65.9 Å². The predicted molar refractivity (Wildman–Crippen MR) is 105 cm³/mol. The van der Waals surface area contributed by atoms with Gasteiger partial charge >= 0.3 is 6.03 Å². The number of urea groups is 1. The van der Waals surface area contributed by atoms with E-state index in [0.717, 1.165) is 65.6 Å². The first-order valence-electron chi connectivity index (χ1n) is 10.0. The highest BCUT2D eigenvalue weighted by atomic mass is 16.5. The minimum Gasteiger partial charge on any atom is -0.379 e. The van der Waals surface area contributed by atoms with E-state index in [4.69, 9.17) is 4.74 Å². The monoisotopic (exact) mass is 378 g/mol. The quantitative estimate of drug-likeness (QED) is 0.821. The average molecular weight is 379 g/mol. The lowest BCUT2D eigenvalue weighted by Crippen LogP contribution is -2.52. The van der Waals surface area contributed by atoms with E-state index in [1.54, 1.807) is 0 Å². The van der Waals surface area contributed by atoms with E-state index in [1.807, 2.05) is 15.8 Å². The van der Waals surface area contributed by atoms with Gasteiger partial charge in [0.2, 0.25) is 0 Å². The highest BCUT2D eigenvalue weighted by Gasteiger charge is 2.22. The van der Waals surface area contributed by atoms with Crippen LogP contribution in [0.1, 0.15) is 26.3 Å². The van der Waals surface area contributed by atoms with Crippen LogP contribution < -0.4 is 5.32 Å². The third kappa shape index (κ3) is 5.92. The maximum absolute atomic E-state index is 12.4. The summed E-state index contributed by atoms with van der Waals surface area (Å²) < 4.78 is 7.36. The van der Waals surface area contributed by atoms with Crippen molar-refractivity contribution < 1.29 is 9.53 Å². The molecule has 1 aromatic rings. The smallest absolute Gasteiger partial charge is 0.317 e. The number of carbonyl (C=O) groups excluding carboxylic acids is 1. The summed E-state index contributed by atoms with van der Waals surface area (Å²) in [4.78, 5) is 19.0. The van der Waals surface area contributed by atoms with E-state index in [-0.39, 0.29) is 11.6 Å². The Kier molecular flexibility index (Phi) is 6.73. The lowest BCUT2D eigenvalue weighted by atomic mass is 10.1. The van der Waals surface area contributed by atoms with Gasteiger partial charge in [-0.05, 0) is 20.8 Å². The van der Waals surface area contributed by atoms with Gasteiger partial charge in [-0.2, -0.15) is 5.10 Å². The van der Waals surface area contributed by atoms with Gasteiger partial charge < -0.3 is 15.0 Å². The molecule has 1 aromatic heterocycles.